The molecule has 4 nitrogen and oxygen atoms in total. The number of nitrogens with zero attached hydrogens (tertiary/aromatic N) is 1. The number of carbonyl (C=O) groups excluding carboxylic acids is 1. The van der Waals surface area contributed by atoms with Crippen molar-refractivity contribution in [3.63, 3.8) is 0 Å². The second-order valence-corrected chi connectivity index (χ2v) is 5.38. The van der Waals surface area contributed by atoms with Crippen molar-refractivity contribution < 1.29 is 14.7 Å². The van der Waals surface area contributed by atoms with Crippen LogP contribution >= 0.6 is 11.6 Å². The first-order valence-electron chi connectivity index (χ1n) is 6.43. The van der Waals surface area contributed by atoms with Crippen LogP contribution in [0.3, 0.4) is 0 Å². The van der Waals surface area contributed by atoms with Gasteiger partial charge in [-0.25, -0.2) is 0 Å². The van der Waals surface area contributed by atoms with Crippen LogP contribution in [0.1, 0.15) is 18.9 Å². The highest BCUT2D eigenvalue weighted by Gasteiger charge is 2.29. The number of likely N-dealkylation sites (tertiary alicyclic amines) is 1. The van der Waals surface area contributed by atoms with E-state index in [0.29, 0.717) is 18.0 Å². The molecular weight excluding hydrogens is 278 g/mol. The maximum absolute atomic E-state index is 12.1. The van der Waals surface area contributed by atoms with Gasteiger partial charge in [0.1, 0.15) is 0 Å². The van der Waals surface area contributed by atoms with E-state index in [1.807, 2.05) is 19.1 Å². The third-order valence-corrected chi connectivity index (χ3v) is 3.70. The summed E-state index contributed by atoms with van der Waals surface area (Å²) in [7, 11) is 0. The number of allylic oxidation sites excluding steroid dienone is 1. The van der Waals surface area contributed by atoms with E-state index < -0.39 is 11.9 Å². The van der Waals surface area contributed by atoms with Gasteiger partial charge in [-0.2, -0.15) is 0 Å². The number of aliphatic carboxylic acids is 1. The number of hydrogen-bond acceptors (Lipinski definition) is 2. The minimum absolute atomic E-state index is 0.147. The van der Waals surface area contributed by atoms with Crippen LogP contribution < -0.4 is 0 Å². The fourth-order valence-corrected chi connectivity index (χ4v) is 2.45. The maximum Gasteiger partial charge on any atom is 0.308 e. The Morgan fingerprint density at radius 1 is 1.45 bits per heavy atom. The van der Waals surface area contributed by atoms with Crippen molar-refractivity contribution in [1.82, 2.24) is 4.90 Å². The number of carboxylic acid groups (broad SMARTS) is 1. The molecule has 1 amide bonds. The Morgan fingerprint density at radius 3 is 2.80 bits per heavy atom. The summed E-state index contributed by atoms with van der Waals surface area (Å²) in [5.74, 6) is -1.43. The zero-order valence-electron chi connectivity index (χ0n) is 11.2. The molecule has 1 saturated heterocycles. The highest BCUT2D eigenvalue weighted by molar-refractivity contribution is 6.30. The van der Waals surface area contributed by atoms with Crippen molar-refractivity contribution in [3.05, 3.63) is 40.9 Å². The fraction of sp³-hybridized carbons (Fsp3) is 0.333. The average Bonchev–Trinajstić information content (AvgIpc) is 2.88. The topological polar surface area (TPSA) is 57.6 Å². The van der Waals surface area contributed by atoms with Crippen molar-refractivity contribution in [3.8, 4) is 0 Å². The van der Waals surface area contributed by atoms with Gasteiger partial charge in [-0.15, -0.1) is 0 Å². The SMILES string of the molecule is C/C(=C/C(=O)N1CCC(C(=O)O)C1)c1cccc(Cl)c1. The Morgan fingerprint density at radius 2 is 2.20 bits per heavy atom. The first-order chi connectivity index (χ1) is 9.47. The molecule has 20 heavy (non-hydrogen) atoms. The summed E-state index contributed by atoms with van der Waals surface area (Å²) in [4.78, 5) is 24.6. The Bertz CT molecular complexity index is 568. The first-order valence-corrected chi connectivity index (χ1v) is 6.81. The molecule has 0 bridgehead atoms. The van der Waals surface area contributed by atoms with Gasteiger partial charge in [0.15, 0.2) is 0 Å². The largest absolute Gasteiger partial charge is 0.481 e. The minimum atomic E-state index is -0.837. The molecule has 1 aromatic carbocycles. The maximum atomic E-state index is 12.1. The molecule has 1 aliphatic rings. The molecule has 1 N–H and O–H groups in total. The summed E-state index contributed by atoms with van der Waals surface area (Å²) in [6, 6.07) is 7.29. The predicted molar refractivity (Wildman–Crippen MR) is 77.4 cm³/mol. The molecule has 106 valence electrons. The summed E-state index contributed by atoms with van der Waals surface area (Å²) >= 11 is 5.92. The van der Waals surface area contributed by atoms with E-state index in [1.54, 1.807) is 17.0 Å². The second-order valence-electron chi connectivity index (χ2n) is 4.95. The summed E-state index contributed by atoms with van der Waals surface area (Å²) in [5, 5.41) is 9.56. The molecule has 5 heteroatoms. The van der Waals surface area contributed by atoms with Crippen molar-refractivity contribution in [2.24, 2.45) is 5.92 Å². The van der Waals surface area contributed by atoms with Crippen molar-refractivity contribution >= 4 is 29.1 Å². The molecule has 0 saturated carbocycles. The molecule has 1 aromatic rings. The number of carbonyl (C=O) groups is 2. The zero-order valence-corrected chi connectivity index (χ0v) is 11.9. The number of benzene rings is 1. The molecule has 1 fully saturated rings. The molecule has 1 aliphatic heterocycles. The van der Waals surface area contributed by atoms with Gasteiger partial charge in [-0.1, -0.05) is 23.7 Å². The third kappa shape index (κ3) is 3.39. The standard InChI is InChI=1S/C15H16ClNO3/c1-10(11-3-2-4-13(16)8-11)7-14(18)17-6-5-12(9-17)15(19)20/h2-4,7-8,12H,5-6,9H2,1H3,(H,19,20)/b10-7-. The molecule has 1 atom stereocenters. The lowest BCUT2D eigenvalue weighted by atomic mass is 10.1. The highest BCUT2D eigenvalue weighted by Crippen LogP contribution is 2.21. The number of hydrogen-bond donors (Lipinski definition) is 1. The first kappa shape index (κ1) is 14.6. The van der Waals surface area contributed by atoms with E-state index in [1.165, 1.54) is 6.08 Å². The minimum Gasteiger partial charge on any atom is -0.481 e. The fourth-order valence-electron chi connectivity index (χ4n) is 2.26. The van der Waals surface area contributed by atoms with E-state index in [2.05, 4.69) is 0 Å². The van der Waals surface area contributed by atoms with Crippen molar-refractivity contribution in [2.75, 3.05) is 13.1 Å². The lowest BCUT2D eigenvalue weighted by Crippen LogP contribution is -2.28. The molecular formula is C15H16ClNO3. The summed E-state index contributed by atoms with van der Waals surface area (Å²) in [6.45, 7) is 2.62. The van der Waals surface area contributed by atoms with Crippen LogP contribution in [-0.4, -0.2) is 35.0 Å². The van der Waals surface area contributed by atoms with Gasteiger partial charge in [0.2, 0.25) is 5.91 Å². The Labute approximate surface area is 122 Å². The molecule has 0 radical (unpaired) electrons. The van der Waals surface area contributed by atoms with Gasteiger partial charge < -0.3 is 10.0 Å². The van der Waals surface area contributed by atoms with Gasteiger partial charge in [-0.3, -0.25) is 9.59 Å². The number of halogens is 1. The summed E-state index contributed by atoms with van der Waals surface area (Å²) in [6.07, 6.45) is 2.06. The van der Waals surface area contributed by atoms with E-state index in [9.17, 15) is 9.59 Å². The second kappa shape index (κ2) is 6.09. The Balaban J connectivity index is 2.07. The van der Waals surface area contributed by atoms with Crippen molar-refractivity contribution in [2.45, 2.75) is 13.3 Å². The lowest BCUT2D eigenvalue weighted by Gasteiger charge is -2.14. The quantitative estimate of drug-likeness (QED) is 0.872. The zero-order chi connectivity index (χ0) is 14.7. The summed E-state index contributed by atoms with van der Waals surface area (Å²) in [5.41, 5.74) is 1.70. The lowest BCUT2D eigenvalue weighted by molar-refractivity contribution is -0.141. The molecule has 0 aromatic heterocycles. The molecule has 2 rings (SSSR count). The molecule has 1 heterocycles. The molecule has 0 spiro atoms. The van der Waals surface area contributed by atoms with E-state index in [4.69, 9.17) is 16.7 Å². The highest BCUT2D eigenvalue weighted by atomic mass is 35.5. The van der Waals surface area contributed by atoms with Gasteiger partial charge in [0, 0.05) is 24.2 Å². The number of rotatable bonds is 3. The van der Waals surface area contributed by atoms with Crippen LogP contribution in [-0.2, 0) is 9.59 Å². The monoisotopic (exact) mass is 293 g/mol. The molecule has 1 unspecified atom stereocenters. The third-order valence-electron chi connectivity index (χ3n) is 3.47. The average molecular weight is 294 g/mol. The predicted octanol–water partition coefficient (Wildman–Crippen LogP) is 2.68. The van der Waals surface area contributed by atoms with Crippen molar-refractivity contribution in [1.29, 1.82) is 0 Å². The van der Waals surface area contributed by atoms with Crippen LogP contribution in [0.2, 0.25) is 5.02 Å². The Kier molecular flexibility index (Phi) is 4.45. The summed E-state index contributed by atoms with van der Waals surface area (Å²) < 4.78 is 0. The normalized spacial score (nSPS) is 19.2. The van der Waals surface area contributed by atoms with Crippen LogP contribution in [0.25, 0.3) is 5.57 Å². The smallest absolute Gasteiger partial charge is 0.308 e. The van der Waals surface area contributed by atoms with Gasteiger partial charge in [-0.05, 0) is 36.6 Å². The number of amides is 1. The van der Waals surface area contributed by atoms with Crippen LogP contribution in [0.15, 0.2) is 30.3 Å². The van der Waals surface area contributed by atoms with Crippen LogP contribution in [0.4, 0.5) is 0 Å². The van der Waals surface area contributed by atoms with Crippen LogP contribution in [0.5, 0.6) is 0 Å². The van der Waals surface area contributed by atoms with Gasteiger partial charge >= 0.3 is 5.97 Å². The van der Waals surface area contributed by atoms with E-state index in [-0.39, 0.29) is 12.5 Å². The van der Waals surface area contributed by atoms with E-state index in [0.717, 1.165) is 11.1 Å². The number of carboxylic acids is 1. The van der Waals surface area contributed by atoms with Gasteiger partial charge in [0.25, 0.3) is 0 Å². The van der Waals surface area contributed by atoms with Crippen LogP contribution in [0, 0.1) is 5.92 Å². The van der Waals surface area contributed by atoms with E-state index >= 15 is 0 Å². The molecule has 0 aliphatic carbocycles. The Hall–Kier alpha value is -1.81. The van der Waals surface area contributed by atoms with Gasteiger partial charge in [0.05, 0.1) is 5.92 Å².